The van der Waals surface area contributed by atoms with Gasteiger partial charge in [-0.05, 0) is 56.7 Å². The second kappa shape index (κ2) is 13.2. The molecule has 0 spiro atoms. The molecule has 212 valence electrons. The number of nitro groups is 1. The van der Waals surface area contributed by atoms with Crippen LogP contribution >= 0.6 is 0 Å². The van der Waals surface area contributed by atoms with E-state index in [1.165, 1.54) is 57.1 Å². The largest absolute Gasteiger partial charge is 0.369 e. The number of nitro benzene ring substituents is 1. The lowest BCUT2D eigenvalue weighted by atomic mass is 9.76. The maximum Gasteiger partial charge on any atom is 0.325 e. The fraction of sp³-hybridized carbons (Fsp3) is 0.600. The SMILES string of the molecule is CCC1=CC(c2ccc([N+](=O)[O-])cc2)C=C(C)N1C(=O)NCC(CN1CCC(C2CCCCC2)CC1)C(N)=O. The van der Waals surface area contributed by atoms with Gasteiger partial charge in [0.05, 0.1) is 10.8 Å². The molecular weight excluding hydrogens is 494 g/mol. The lowest BCUT2D eigenvalue weighted by Gasteiger charge is -2.38. The van der Waals surface area contributed by atoms with Gasteiger partial charge in [0.15, 0.2) is 0 Å². The molecule has 9 heteroatoms. The number of likely N-dealkylation sites (tertiary alicyclic amines) is 1. The third-order valence-corrected chi connectivity index (χ3v) is 8.82. The van der Waals surface area contributed by atoms with Gasteiger partial charge in [0.1, 0.15) is 0 Å². The Balaban J connectivity index is 1.32. The molecule has 1 saturated carbocycles. The topological polar surface area (TPSA) is 122 Å². The number of carbonyl (C=O) groups excluding carboxylic acids is 2. The van der Waals surface area contributed by atoms with E-state index in [0.29, 0.717) is 13.0 Å². The van der Waals surface area contributed by atoms with E-state index >= 15 is 0 Å². The summed E-state index contributed by atoms with van der Waals surface area (Å²) < 4.78 is 0. The van der Waals surface area contributed by atoms with Gasteiger partial charge in [-0.1, -0.05) is 63.3 Å². The number of hydrogen-bond donors (Lipinski definition) is 2. The van der Waals surface area contributed by atoms with Crippen molar-refractivity contribution in [2.24, 2.45) is 23.5 Å². The third-order valence-electron chi connectivity index (χ3n) is 8.82. The molecule has 1 aromatic carbocycles. The van der Waals surface area contributed by atoms with Crippen molar-refractivity contribution in [2.75, 3.05) is 26.2 Å². The Labute approximate surface area is 231 Å². The first-order valence-corrected chi connectivity index (χ1v) is 14.5. The number of nitrogens with zero attached hydrogens (tertiary/aromatic N) is 3. The van der Waals surface area contributed by atoms with E-state index in [2.05, 4.69) is 10.2 Å². The number of rotatable bonds is 9. The molecule has 2 atom stereocenters. The first kappa shape index (κ1) is 28.8. The van der Waals surface area contributed by atoms with E-state index < -0.39 is 10.8 Å². The van der Waals surface area contributed by atoms with Crippen molar-refractivity contribution in [3.8, 4) is 0 Å². The summed E-state index contributed by atoms with van der Waals surface area (Å²) in [4.78, 5) is 40.1. The van der Waals surface area contributed by atoms with E-state index in [4.69, 9.17) is 5.73 Å². The van der Waals surface area contributed by atoms with Crippen LogP contribution in [-0.2, 0) is 4.79 Å². The van der Waals surface area contributed by atoms with Crippen LogP contribution in [0.25, 0.3) is 0 Å². The minimum Gasteiger partial charge on any atom is -0.369 e. The summed E-state index contributed by atoms with van der Waals surface area (Å²) in [5.74, 6) is 0.751. The third kappa shape index (κ3) is 7.26. The molecule has 2 heterocycles. The summed E-state index contributed by atoms with van der Waals surface area (Å²) in [5, 5.41) is 13.9. The predicted molar refractivity (Wildman–Crippen MR) is 152 cm³/mol. The molecule has 39 heavy (non-hydrogen) atoms. The van der Waals surface area contributed by atoms with E-state index in [1.807, 2.05) is 26.0 Å². The highest BCUT2D eigenvalue weighted by Gasteiger charge is 2.30. The van der Waals surface area contributed by atoms with Gasteiger partial charge in [-0.3, -0.25) is 19.8 Å². The fourth-order valence-corrected chi connectivity index (χ4v) is 6.54. The highest BCUT2D eigenvalue weighted by atomic mass is 16.6. The number of hydrogen-bond acceptors (Lipinski definition) is 5. The summed E-state index contributed by atoms with van der Waals surface area (Å²) in [6.07, 6.45) is 13.8. The fourth-order valence-electron chi connectivity index (χ4n) is 6.54. The molecule has 0 bridgehead atoms. The van der Waals surface area contributed by atoms with Crippen LogP contribution in [0.15, 0.2) is 47.8 Å². The van der Waals surface area contributed by atoms with Crippen molar-refractivity contribution in [2.45, 2.75) is 71.1 Å². The van der Waals surface area contributed by atoms with E-state index in [1.54, 1.807) is 17.0 Å². The number of non-ortho nitro benzene ring substituents is 1. The number of nitrogens with two attached hydrogens (primary N) is 1. The number of carbonyl (C=O) groups is 2. The summed E-state index contributed by atoms with van der Waals surface area (Å²) in [5.41, 5.74) is 8.35. The Hall–Kier alpha value is -3.20. The molecule has 4 rings (SSSR count). The number of benzene rings is 1. The van der Waals surface area contributed by atoms with Gasteiger partial charge in [-0.25, -0.2) is 4.79 Å². The van der Waals surface area contributed by atoms with Crippen LogP contribution in [0.5, 0.6) is 0 Å². The molecule has 3 N–H and O–H groups in total. The number of primary amides is 1. The van der Waals surface area contributed by atoms with Crippen molar-refractivity contribution in [1.82, 2.24) is 15.1 Å². The first-order valence-electron chi connectivity index (χ1n) is 14.5. The lowest BCUT2D eigenvalue weighted by molar-refractivity contribution is -0.384. The molecule has 2 aliphatic heterocycles. The Morgan fingerprint density at radius 1 is 1.05 bits per heavy atom. The molecule has 9 nitrogen and oxygen atoms in total. The molecule has 0 aromatic heterocycles. The van der Waals surface area contributed by atoms with Crippen LogP contribution in [-0.4, -0.2) is 52.8 Å². The summed E-state index contributed by atoms with van der Waals surface area (Å²) >= 11 is 0. The molecule has 1 saturated heterocycles. The van der Waals surface area contributed by atoms with Crippen LogP contribution < -0.4 is 11.1 Å². The first-order chi connectivity index (χ1) is 18.8. The Bertz CT molecular complexity index is 1090. The predicted octanol–water partition coefficient (Wildman–Crippen LogP) is 5.30. The van der Waals surface area contributed by atoms with E-state index in [-0.39, 0.29) is 30.1 Å². The van der Waals surface area contributed by atoms with Crippen LogP contribution in [0.2, 0.25) is 0 Å². The second-order valence-corrected chi connectivity index (χ2v) is 11.4. The Kier molecular flexibility index (Phi) is 9.78. The average molecular weight is 538 g/mol. The average Bonchev–Trinajstić information content (AvgIpc) is 2.95. The Morgan fingerprint density at radius 2 is 1.69 bits per heavy atom. The van der Waals surface area contributed by atoms with Gasteiger partial charge in [0, 0.05) is 42.5 Å². The number of piperidine rings is 1. The number of amides is 3. The zero-order chi connectivity index (χ0) is 27.9. The van der Waals surface area contributed by atoms with Gasteiger partial charge in [-0.15, -0.1) is 0 Å². The number of urea groups is 1. The zero-order valence-electron chi connectivity index (χ0n) is 23.3. The maximum absolute atomic E-state index is 13.3. The monoisotopic (exact) mass is 537 g/mol. The van der Waals surface area contributed by atoms with Gasteiger partial charge in [0.25, 0.3) is 5.69 Å². The van der Waals surface area contributed by atoms with Crippen molar-refractivity contribution in [1.29, 1.82) is 0 Å². The number of allylic oxidation sites excluding steroid dienone is 4. The molecule has 0 radical (unpaired) electrons. The van der Waals surface area contributed by atoms with Gasteiger partial charge >= 0.3 is 6.03 Å². The normalized spacial score (nSPS) is 22.1. The van der Waals surface area contributed by atoms with Gasteiger partial charge in [0.2, 0.25) is 5.91 Å². The van der Waals surface area contributed by atoms with Crippen LogP contribution in [0.1, 0.15) is 76.7 Å². The van der Waals surface area contributed by atoms with E-state index in [0.717, 1.165) is 41.9 Å². The highest BCUT2D eigenvalue weighted by Crippen LogP contribution is 2.36. The number of nitrogens with one attached hydrogen (secondary N) is 1. The van der Waals surface area contributed by atoms with Gasteiger partial charge < -0.3 is 16.0 Å². The zero-order valence-corrected chi connectivity index (χ0v) is 23.3. The smallest absolute Gasteiger partial charge is 0.325 e. The van der Waals surface area contributed by atoms with E-state index in [9.17, 15) is 19.7 Å². The van der Waals surface area contributed by atoms with Gasteiger partial charge in [-0.2, -0.15) is 0 Å². The molecule has 3 aliphatic rings. The van der Waals surface area contributed by atoms with Crippen molar-refractivity contribution in [3.05, 3.63) is 63.5 Å². The molecule has 2 fully saturated rings. The van der Waals surface area contributed by atoms with Crippen molar-refractivity contribution < 1.29 is 14.5 Å². The second-order valence-electron chi connectivity index (χ2n) is 11.4. The standard InChI is InChI=1S/C30H43N5O4/c1-3-27-18-25(23-9-11-28(12-10-23)35(38)39)17-21(2)34(27)30(37)32-19-26(29(31)36)20-33-15-13-24(14-16-33)22-7-5-4-6-8-22/h9-12,17-18,22,24-26H,3-8,13-16,19-20H2,1-2H3,(H2,31,36)(H,32,37). The molecule has 1 aromatic rings. The summed E-state index contributed by atoms with van der Waals surface area (Å²) in [6.45, 7) is 6.60. The minimum atomic E-state index is -0.448. The quantitative estimate of drug-likeness (QED) is 0.327. The molecule has 2 unspecified atom stereocenters. The maximum atomic E-state index is 13.3. The van der Waals surface area contributed by atoms with Crippen LogP contribution in [0.3, 0.4) is 0 Å². The highest BCUT2D eigenvalue weighted by molar-refractivity contribution is 5.81. The molecule has 3 amide bonds. The molecular formula is C30H43N5O4. The minimum absolute atomic E-state index is 0.0496. The lowest BCUT2D eigenvalue weighted by Crippen LogP contribution is -2.48. The van der Waals surface area contributed by atoms with Crippen LogP contribution in [0, 0.1) is 27.9 Å². The van der Waals surface area contributed by atoms with Crippen molar-refractivity contribution >= 4 is 17.6 Å². The summed E-state index contributed by atoms with van der Waals surface area (Å²) in [7, 11) is 0. The summed E-state index contributed by atoms with van der Waals surface area (Å²) in [6, 6.07) is 6.23. The molecule has 1 aliphatic carbocycles. The Morgan fingerprint density at radius 3 is 2.28 bits per heavy atom. The van der Waals surface area contributed by atoms with Crippen LogP contribution in [0.4, 0.5) is 10.5 Å². The van der Waals surface area contributed by atoms with Crippen molar-refractivity contribution in [3.63, 3.8) is 0 Å².